The van der Waals surface area contributed by atoms with Gasteiger partial charge >= 0.3 is 0 Å². The molecule has 0 saturated heterocycles. The quantitative estimate of drug-likeness (QED) is 0.463. The Morgan fingerprint density at radius 2 is 1.81 bits per heavy atom. The summed E-state index contributed by atoms with van der Waals surface area (Å²) in [4.78, 5) is 12.8. The maximum Gasteiger partial charge on any atom is 0.138 e. The maximum atomic E-state index is 12.8. The molecule has 2 nitrogen and oxygen atoms in total. The molecule has 0 aromatic carbocycles. The lowest BCUT2D eigenvalue weighted by Gasteiger charge is -2.59. The van der Waals surface area contributed by atoms with Gasteiger partial charge in [-0.1, -0.05) is 65.3 Å². The van der Waals surface area contributed by atoms with E-state index in [1.165, 1.54) is 18.4 Å². The molecule has 0 aliphatic heterocycles. The van der Waals surface area contributed by atoms with Gasteiger partial charge in [-0.3, -0.25) is 4.79 Å². The molecule has 2 fully saturated rings. The first-order valence-corrected chi connectivity index (χ1v) is 13.1. The van der Waals surface area contributed by atoms with Crippen LogP contribution in [0.25, 0.3) is 0 Å². The number of allylic oxidation sites excluding steroid dienone is 5. The highest BCUT2D eigenvalue weighted by Crippen LogP contribution is 2.71. The number of rotatable bonds is 4. The molecule has 4 rings (SSSR count). The minimum atomic E-state index is -0.337. The summed E-state index contributed by atoms with van der Waals surface area (Å²) in [6, 6.07) is 0. The van der Waals surface area contributed by atoms with Crippen molar-refractivity contribution >= 4 is 5.78 Å². The Morgan fingerprint density at radius 3 is 2.47 bits per heavy atom. The lowest BCUT2D eigenvalue weighted by Crippen LogP contribution is -2.53. The number of carbonyl (C=O) groups excluding carboxylic acids is 1. The third kappa shape index (κ3) is 3.26. The standard InChI is InChI=1S/C30H46O2/c1-19(2)17-21(31)18-20(3)22-11-15-30(8)24-9-10-25-27(4,5)26(32)13-14-28(25,6)23(24)12-16-29(22,30)7/h9,12,17,20-22,25,31H,10-11,13-16,18H2,1-8H3/t20-,21+,22-,25-,28-,29-,30+/m1/s1. The Labute approximate surface area is 196 Å². The van der Waals surface area contributed by atoms with Gasteiger partial charge in [-0.2, -0.15) is 0 Å². The predicted octanol–water partition coefficient (Wildman–Crippen LogP) is 7.43. The molecule has 0 aromatic rings. The molecule has 4 aliphatic rings. The Morgan fingerprint density at radius 1 is 1.12 bits per heavy atom. The van der Waals surface area contributed by atoms with Crippen molar-refractivity contribution in [2.45, 2.75) is 106 Å². The van der Waals surface area contributed by atoms with Crippen molar-refractivity contribution in [3.63, 3.8) is 0 Å². The van der Waals surface area contributed by atoms with Crippen molar-refractivity contribution in [2.24, 2.45) is 39.4 Å². The monoisotopic (exact) mass is 438 g/mol. The van der Waals surface area contributed by atoms with Crippen molar-refractivity contribution in [3.05, 3.63) is 34.9 Å². The zero-order valence-electron chi connectivity index (χ0n) is 21.8. The summed E-state index contributed by atoms with van der Waals surface area (Å²) in [7, 11) is 0. The molecule has 1 N–H and O–H groups in total. The number of ketones is 1. The third-order valence-corrected chi connectivity index (χ3v) is 10.9. The Balaban J connectivity index is 1.67. The van der Waals surface area contributed by atoms with E-state index in [4.69, 9.17) is 0 Å². The molecule has 7 atom stereocenters. The first-order chi connectivity index (χ1) is 14.8. The highest BCUT2D eigenvalue weighted by molar-refractivity contribution is 5.86. The van der Waals surface area contributed by atoms with Crippen LogP contribution >= 0.6 is 0 Å². The first kappa shape index (κ1) is 24.0. The molecule has 178 valence electrons. The van der Waals surface area contributed by atoms with E-state index in [9.17, 15) is 9.90 Å². The van der Waals surface area contributed by atoms with Crippen LogP contribution in [-0.2, 0) is 4.79 Å². The van der Waals surface area contributed by atoms with Crippen LogP contribution in [0, 0.1) is 39.4 Å². The van der Waals surface area contributed by atoms with Crippen LogP contribution < -0.4 is 0 Å². The molecule has 0 amide bonds. The number of fused-ring (bicyclic) bond motifs is 5. The average molecular weight is 439 g/mol. The molecule has 0 bridgehead atoms. The minimum absolute atomic E-state index is 0.120. The molecule has 0 heterocycles. The fraction of sp³-hybridized carbons (Fsp3) is 0.767. The molecule has 0 radical (unpaired) electrons. The topological polar surface area (TPSA) is 37.3 Å². The van der Waals surface area contributed by atoms with Crippen LogP contribution in [0.1, 0.15) is 100 Å². The van der Waals surface area contributed by atoms with Crippen LogP contribution in [-0.4, -0.2) is 17.0 Å². The van der Waals surface area contributed by atoms with Crippen molar-refractivity contribution in [3.8, 4) is 0 Å². The number of aliphatic hydroxyl groups is 1. The smallest absolute Gasteiger partial charge is 0.138 e. The van der Waals surface area contributed by atoms with E-state index < -0.39 is 0 Å². The molecule has 32 heavy (non-hydrogen) atoms. The van der Waals surface area contributed by atoms with Gasteiger partial charge in [0.2, 0.25) is 0 Å². The molecule has 0 spiro atoms. The fourth-order valence-corrected chi connectivity index (χ4v) is 8.76. The van der Waals surface area contributed by atoms with E-state index in [-0.39, 0.29) is 27.8 Å². The van der Waals surface area contributed by atoms with Gasteiger partial charge < -0.3 is 5.11 Å². The van der Waals surface area contributed by atoms with E-state index >= 15 is 0 Å². The summed E-state index contributed by atoms with van der Waals surface area (Å²) in [5, 5.41) is 10.6. The van der Waals surface area contributed by atoms with Crippen LogP contribution in [0.4, 0.5) is 0 Å². The van der Waals surface area contributed by atoms with Crippen LogP contribution in [0.2, 0.25) is 0 Å². The lowest BCUT2D eigenvalue weighted by molar-refractivity contribution is -0.138. The second-order valence-corrected chi connectivity index (χ2v) is 13.2. The number of hydrogen-bond donors (Lipinski definition) is 1. The highest BCUT2D eigenvalue weighted by Gasteiger charge is 2.63. The average Bonchev–Trinajstić information content (AvgIpc) is 2.96. The van der Waals surface area contributed by atoms with E-state index in [2.05, 4.69) is 67.5 Å². The van der Waals surface area contributed by atoms with Gasteiger partial charge in [0, 0.05) is 11.8 Å². The van der Waals surface area contributed by atoms with E-state index in [1.807, 2.05) is 6.08 Å². The van der Waals surface area contributed by atoms with Crippen LogP contribution in [0.15, 0.2) is 34.9 Å². The second-order valence-electron chi connectivity index (χ2n) is 13.2. The number of hydrogen-bond acceptors (Lipinski definition) is 2. The molecular formula is C30H46O2. The largest absolute Gasteiger partial charge is 0.389 e. The van der Waals surface area contributed by atoms with Gasteiger partial charge in [0.15, 0.2) is 0 Å². The van der Waals surface area contributed by atoms with Gasteiger partial charge in [0.1, 0.15) is 5.78 Å². The summed E-state index contributed by atoms with van der Waals surface area (Å²) in [6.07, 6.45) is 14.0. The summed E-state index contributed by atoms with van der Waals surface area (Å²) < 4.78 is 0. The van der Waals surface area contributed by atoms with E-state index in [0.717, 1.165) is 32.1 Å². The van der Waals surface area contributed by atoms with Crippen molar-refractivity contribution in [1.82, 2.24) is 0 Å². The van der Waals surface area contributed by atoms with Gasteiger partial charge in [-0.05, 0) is 97.5 Å². The molecule has 0 aromatic heterocycles. The molecule has 2 heteroatoms. The zero-order chi connectivity index (χ0) is 23.7. The summed E-state index contributed by atoms with van der Waals surface area (Å²) in [5.74, 6) is 1.99. The maximum absolute atomic E-state index is 12.8. The first-order valence-electron chi connectivity index (χ1n) is 13.1. The Bertz CT molecular complexity index is 885. The van der Waals surface area contributed by atoms with Gasteiger partial charge in [-0.25, -0.2) is 0 Å². The Kier molecular flexibility index (Phi) is 5.76. The van der Waals surface area contributed by atoms with Crippen molar-refractivity contribution in [2.75, 3.05) is 0 Å². The second kappa shape index (κ2) is 7.69. The van der Waals surface area contributed by atoms with E-state index in [1.54, 1.807) is 11.1 Å². The Hall–Kier alpha value is -1.15. The summed E-state index contributed by atoms with van der Waals surface area (Å²) >= 11 is 0. The number of carbonyl (C=O) groups is 1. The van der Waals surface area contributed by atoms with Crippen molar-refractivity contribution in [1.29, 1.82) is 0 Å². The fourth-order valence-electron chi connectivity index (χ4n) is 8.76. The van der Waals surface area contributed by atoms with Gasteiger partial charge in [0.25, 0.3) is 0 Å². The lowest BCUT2D eigenvalue weighted by atomic mass is 9.44. The zero-order valence-corrected chi connectivity index (χ0v) is 21.8. The summed E-state index contributed by atoms with van der Waals surface area (Å²) in [5.41, 5.74) is 4.69. The molecular weight excluding hydrogens is 392 g/mol. The minimum Gasteiger partial charge on any atom is -0.389 e. The number of aliphatic hydroxyl groups excluding tert-OH is 1. The highest BCUT2D eigenvalue weighted by atomic mass is 16.3. The molecule has 2 saturated carbocycles. The normalized spacial score (nSPS) is 42.1. The molecule has 0 unspecified atom stereocenters. The van der Waals surface area contributed by atoms with Crippen LogP contribution in [0.5, 0.6) is 0 Å². The number of Topliss-reactive ketones (excluding diaryl/α,β-unsaturated/α-hetero) is 1. The third-order valence-electron chi connectivity index (χ3n) is 10.9. The van der Waals surface area contributed by atoms with Gasteiger partial charge in [0.05, 0.1) is 6.10 Å². The van der Waals surface area contributed by atoms with Crippen LogP contribution in [0.3, 0.4) is 0 Å². The van der Waals surface area contributed by atoms with E-state index in [0.29, 0.717) is 23.5 Å². The molecule has 4 aliphatic carbocycles. The summed E-state index contributed by atoms with van der Waals surface area (Å²) in [6.45, 7) is 18.4. The van der Waals surface area contributed by atoms with Gasteiger partial charge in [-0.15, -0.1) is 0 Å². The predicted molar refractivity (Wildman–Crippen MR) is 133 cm³/mol. The SMILES string of the molecule is CC(C)=C[C@H](O)C[C@@H](C)[C@H]1CC[C@@]2(C)C3=CC[C@@H]4C(C)(C)C(=O)CC[C@]4(C)C3=CC[C@]12C. The van der Waals surface area contributed by atoms with Crippen molar-refractivity contribution < 1.29 is 9.90 Å².